The Bertz CT molecular complexity index is 669. The van der Waals surface area contributed by atoms with Gasteiger partial charge in [-0.25, -0.2) is 13.2 Å². The highest BCUT2D eigenvalue weighted by atomic mass is 32.2. The molecule has 1 fully saturated rings. The van der Waals surface area contributed by atoms with Crippen molar-refractivity contribution >= 4 is 22.0 Å². The Hall–Kier alpha value is -1.93. The normalized spacial score (nSPS) is 19.4. The molecule has 0 aliphatic carbocycles. The lowest BCUT2D eigenvalue weighted by Gasteiger charge is -2.22. The van der Waals surface area contributed by atoms with E-state index in [9.17, 15) is 18.0 Å². The summed E-state index contributed by atoms with van der Waals surface area (Å²) >= 11 is 0. The van der Waals surface area contributed by atoms with Crippen LogP contribution in [0, 0.1) is 0 Å². The molecule has 0 bridgehead atoms. The predicted molar refractivity (Wildman–Crippen MR) is 72.3 cm³/mol. The first-order valence-electron chi connectivity index (χ1n) is 6.31. The summed E-state index contributed by atoms with van der Waals surface area (Å²) in [5, 5.41) is 9.12. The van der Waals surface area contributed by atoms with Gasteiger partial charge < -0.3 is 9.84 Å². The third-order valence-corrected chi connectivity index (χ3v) is 5.33. The third-order valence-electron chi connectivity index (χ3n) is 3.37. The molecule has 1 aliphatic rings. The van der Waals surface area contributed by atoms with E-state index >= 15 is 0 Å². The van der Waals surface area contributed by atoms with Gasteiger partial charge in [0.05, 0.1) is 17.6 Å². The van der Waals surface area contributed by atoms with Crippen LogP contribution in [0.2, 0.25) is 0 Å². The molecule has 0 amide bonds. The Kier molecular flexibility index (Phi) is 4.29. The topological polar surface area (TPSA) is 101 Å². The molecule has 1 unspecified atom stereocenters. The minimum absolute atomic E-state index is 0.101. The predicted octanol–water partition coefficient (Wildman–Crippen LogP) is 0.711. The summed E-state index contributed by atoms with van der Waals surface area (Å²) in [6.45, 7) is 0.120. The van der Waals surface area contributed by atoms with Gasteiger partial charge in [0.25, 0.3) is 0 Å². The van der Waals surface area contributed by atoms with E-state index in [1.807, 2.05) is 0 Å². The van der Waals surface area contributed by atoms with Gasteiger partial charge >= 0.3 is 11.9 Å². The van der Waals surface area contributed by atoms with Gasteiger partial charge in [-0.3, -0.25) is 4.79 Å². The van der Waals surface area contributed by atoms with Gasteiger partial charge in [0, 0.05) is 6.54 Å². The zero-order valence-electron chi connectivity index (χ0n) is 11.4. The van der Waals surface area contributed by atoms with Crippen LogP contribution in [0.5, 0.6) is 0 Å². The maximum Gasteiger partial charge on any atom is 0.339 e. The molecule has 1 aromatic carbocycles. The molecule has 0 radical (unpaired) electrons. The Morgan fingerprint density at radius 3 is 2.62 bits per heavy atom. The number of carboxylic acid groups (broad SMARTS) is 1. The van der Waals surface area contributed by atoms with Crippen molar-refractivity contribution in [1.29, 1.82) is 0 Å². The standard InChI is InChI=1S/C13H15NO6S/c1-20-13(17)9-5-2-3-7-11(9)21(18,19)14-8-4-6-10(14)12(15)16/h2-3,5,7,10H,4,6,8H2,1H3,(H,15,16). The summed E-state index contributed by atoms with van der Waals surface area (Å²) in [6, 6.07) is 4.51. The average molecular weight is 313 g/mol. The Morgan fingerprint density at radius 2 is 2.00 bits per heavy atom. The SMILES string of the molecule is COC(=O)c1ccccc1S(=O)(=O)N1CCCC1C(=O)O. The first-order valence-corrected chi connectivity index (χ1v) is 7.75. The largest absolute Gasteiger partial charge is 0.480 e. The number of carbonyl (C=O) groups is 2. The number of nitrogens with zero attached hydrogens (tertiary/aromatic N) is 1. The Labute approximate surface area is 122 Å². The van der Waals surface area contributed by atoms with Gasteiger partial charge in [0.15, 0.2) is 0 Å². The molecule has 7 nitrogen and oxygen atoms in total. The van der Waals surface area contributed by atoms with Crippen LogP contribution in [-0.2, 0) is 19.6 Å². The van der Waals surface area contributed by atoms with E-state index in [2.05, 4.69) is 4.74 Å². The van der Waals surface area contributed by atoms with Gasteiger partial charge in [-0.15, -0.1) is 0 Å². The monoisotopic (exact) mass is 313 g/mol. The van der Waals surface area contributed by atoms with Gasteiger partial charge in [-0.1, -0.05) is 12.1 Å². The molecule has 114 valence electrons. The number of ether oxygens (including phenoxy) is 1. The van der Waals surface area contributed by atoms with E-state index in [1.165, 1.54) is 24.3 Å². The number of carbonyl (C=O) groups excluding carboxylic acids is 1. The maximum absolute atomic E-state index is 12.6. The molecule has 1 atom stereocenters. The number of rotatable bonds is 4. The smallest absolute Gasteiger partial charge is 0.339 e. The summed E-state index contributed by atoms with van der Waals surface area (Å²) < 4.78 is 30.8. The van der Waals surface area contributed by atoms with Crippen molar-refractivity contribution in [2.24, 2.45) is 0 Å². The molecular weight excluding hydrogens is 298 g/mol. The maximum atomic E-state index is 12.6. The molecule has 1 heterocycles. The van der Waals surface area contributed by atoms with E-state index in [-0.39, 0.29) is 23.4 Å². The van der Waals surface area contributed by atoms with E-state index < -0.39 is 28.0 Å². The van der Waals surface area contributed by atoms with Gasteiger partial charge in [0.2, 0.25) is 10.0 Å². The van der Waals surface area contributed by atoms with Crippen LogP contribution < -0.4 is 0 Å². The molecule has 2 rings (SSSR count). The summed E-state index contributed by atoms with van der Waals surface area (Å²) in [6.07, 6.45) is 0.728. The molecule has 0 spiro atoms. The van der Waals surface area contributed by atoms with Crippen LogP contribution in [0.25, 0.3) is 0 Å². The number of methoxy groups -OCH3 is 1. The first-order chi connectivity index (χ1) is 9.89. The van der Waals surface area contributed by atoms with Crippen molar-refractivity contribution in [2.75, 3.05) is 13.7 Å². The number of esters is 1. The third kappa shape index (κ3) is 2.77. The zero-order valence-corrected chi connectivity index (χ0v) is 12.2. The molecule has 0 aromatic heterocycles. The van der Waals surface area contributed by atoms with Crippen molar-refractivity contribution < 1.29 is 27.9 Å². The van der Waals surface area contributed by atoms with E-state index in [0.29, 0.717) is 6.42 Å². The second-order valence-corrected chi connectivity index (χ2v) is 6.46. The number of hydrogen-bond donors (Lipinski definition) is 1. The number of hydrogen-bond acceptors (Lipinski definition) is 5. The van der Waals surface area contributed by atoms with Crippen molar-refractivity contribution in [2.45, 2.75) is 23.8 Å². The van der Waals surface area contributed by atoms with Crippen LogP contribution in [0.15, 0.2) is 29.2 Å². The lowest BCUT2D eigenvalue weighted by atomic mass is 10.2. The number of sulfonamides is 1. The lowest BCUT2D eigenvalue weighted by Crippen LogP contribution is -2.40. The minimum Gasteiger partial charge on any atom is -0.480 e. The van der Waals surface area contributed by atoms with Crippen LogP contribution in [-0.4, -0.2) is 49.5 Å². The minimum atomic E-state index is -4.07. The Balaban J connectivity index is 2.50. The fourth-order valence-electron chi connectivity index (χ4n) is 2.37. The van der Waals surface area contributed by atoms with E-state index in [1.54, 1.807) is 0 Å². The fraction of sp³-hybridized carbons (Fsp3) is 0.385. The molecule has 1 aliphatic heterocycles. The van der Waals surface area contributed by atoms with Crippen LogP contribution in [0.3, 0.4) is 0 Å². The van der Waals surface area contributed by atoms with Crippen molar-refractivity contribution in [1.82, 2.24) is 4.31 Å². The van der Waals surface area contributed by atoms with Gasteiger partial charge in [-0.2, -0.15) is 4.31 Å². The van der Waals surface area contributed by atoms with Crippen LogP contribution in [0.1, 0.15) is 23.2 Å². The lowest BCUT2D eigenvalue weighted by molar-refractivity contribution is -0.140. The van der Waals surface area contributed by atoms with Crippen molar-refractivity contribution in [3.8, 4) is 0 Å². The van der Waals surface area contributed by atoms with E-state index in [4.69, 9.17) is 5.11 Å². The number of carboxylic acids is 1. The number of benzene rings is 1. The fourth-order valence-corrected chi connectivity index (χ4v) is 4.20. The Morgan fingerprint density at radius 1 is 1.33 bits per heavy atom. The first kappa shape index (κ1) is 15.5. The summed E-state index contributed by atoms with van der Waals surface area (Å²) in [7, 11) is -2.91. The molecule has 8 heteroatoms. The van der Waals surface area contributed by atoms with Gasteiger partial charge in [0.1, 0.15) is 6.04 Å². The molecule has 21 heavy (non-hydrogen) atoms. The summed E-state index contributed by atoms with van der Waals surface area (Å²) in [4.78, 5) is 22.6. The highest BCUT2D eigenvalue weighted by molar-refractivity contribution is 7.89. The molecule has 1 N–H and O–H groups in total. The van der Waals surface area contributed by atoms with Crippen molar-refractivity contribution in [3.63, 3.8) is 0 Å². The van der Waals surface area contributed by atoms with E-state index in [0.717, 1.165) is 11.4 Å². The highest BCUT2D eigenvalue weighted by Gasteiger charge is 2.40. The van der Waals surface area contributed by atoms with Crippen LogP contribution >= 0.6 is 0 Å². The quantitative estimate of drug-likeness (QED) is 0.822. The van der Waals surface area contributed by atoms with Crippen molar-refractivity contribution in [3.05, 3.63) is 29.8 Å². The van der Waals surface area contributed by atoms with Crippen LogP contribution in [0.4, 0.5) is 0 Å². The molecule has 1 aromatic rings. The molecular formula is C13H15NO6S. The summed E-state index contributed by atoms with van der Waals surface area (Å²) in [5.74, 6) is -1.97. The zero-order chi connectivity index (χ0) is 15.6. The number of aliphatic carboxylic acids is 1. The molecule has 0 saturated carbocycles. The second-order valence-electron chi connectivity index (χ2n) is 4.60. The summed E-state index contributed by atoms with van der Waals surface area (Å²) in [5.41, 5.74) is -0.101. The highest BCUT2D eigenvalue weighted by Crippen LogP contribution is 2.28. The van der Waals surface area contributed by atoms with Gasteiger partial charge in [-0.05, 0) is 25.0 Å². The average Bonchev–Trinajstić information content (AvgIpc) is 2.97. The molecule has 1 saturated heterocycles. The second kappa shape index (κ2) is 5.82.